The van der Waals surface area contributed by atoms with Gasteiger partial charge in [-0.3, -0.25) is 5.43 Å². The van der Waals surface area contributed by atoms with Crippen LogP contribution in [0.2, 0.25) is 0 Å². The SMILES string of the molecule is CCOc1ccc(-c2csc(N/N=C\c3ccc(Br)cc3)n2)cc1. The third-order valence-electron chi connectivity index (χ3n) is 3.21. The van der Waals surface area contributed by atoms with Crippen molar-refractivity contribution in [3.63, 3.8) is 0 Å². The van der Waals surface area contributed by atoms with Crippen LogP contribution >= 0.6 is 27.3 Å². The van der Waals surface area contributed by atoms with Crippen LogP contribution in [0.5, 0.6) is 5.75 Å². The summed E-state index contributed by atoms with van der Waals surface area (Å²) >= 11 is 4.93. The van der Waals surface area contributed by atoms with Crippen molar-refractivity contribution in [2.24, 2.45) is 5.10 Å². The Labute approximate surface area is 153 Å². The fourth-order valence-electron chi connectivity index (χ4n) is 2.06. The molecule has 1 heterocycles. The lowest BCUT2D eigenvalue weighted by atomic mass is 10.2. The number of anilines is 1. The van der Waals surface area contributed by atoms with E-state index in [1.807, 2.05) is 60.8 Å². The van der Waals surface area contributed by atoms with Crippen LogP contribution < -0.4 is 10.2 Å². The van der Waals surface area contributed by atoms with E-state index in [0.717, 1.165) is 32.2 Å². The highest BCUT2D eigenvalue weighted by atomic mass is 79.9. The molecule has 0 amide bonds. The van der Waals surface area contributed by atoms with Gasteiger partial charge in [-0.15, -0.1) is 11.3 Å². The van der Waals surface area contributed by atoms with Crippen molar-refractivity contribution in [1.82, 2.24) is 4.98 Å². The largest absolute Gasteiger partial charge is 0.494 e. The zero-order valence-electron chi connectivity index (χ0n) is 13.1. The molecule has 0 radical (unpaired) electrons. The van der Waals surface area contributed by atoms with Crippen LogP contribution in [0.15, 0.2) is 63.5 Å². The molecule has 3 rings (SSSR count). The number of thiazole rings is 1. The number of rotatable bonds is 6. The van der Waals surface area contributed by atoms with Crippen LogP contribution in [0, 0.1) is 0 Å². The predicted octanol–water partition coefficient (Wildman–Crippen LogP) is 5.42. The van der Waals surface area contributed by atoms with Gasteiger partial charge in [0.1, 0.15) is 5.75 Å². The van der Waals surface area contributed by atoms with Gasteiger partial charge in [-0.1, -0.05) is 28.1 Å². The molecule has 0 aliphatic heterocycles. The molecule has 0 aliphatic carbocycles. The second-order valence-corrected chi connectivity index (χ2v) is 6.69. The molecule has 0 aliphatic rings. The van der Waals surface area contributed by atoms with E-state index in [1.165, 1.54) is 11.3 Å². The third-order valence-corrected chi connectivity index (χ3v) is 4.48. The van der Waals surface area contributed by atoms with Gasteiger partial charge >= 0.3 is 0 Å². The number of aromatic nitrogens is 1. The molecule has 6 heteroatoms. The van der Waals surface area contributed by atoms with Gasteiger partial charge in [-0.2, -0.15) is 5.10 Å². The van der Waals surface area contributed by atoms with Gasteiger partial charge in [-0.25, -0.2) is 4.98 Å². The van der Waals surface area contributed by atoms with E-state index in [9.17, 15) is 0 Å². The highest BCUT2D eigenvalue weighted by Crippen LogP contribution is 2.26. The maximum atomic E-state index is 5.45. The van der Waals surface area contributed by atoms with Gasteiger partial charge in [0, 0.05) is 15.4 Å². The number of nitrogens with one attached hydrogen (secondary N) is 1. The minimum atomic E-state index is 0.667. The fraction of sp³-hybridized carbons (Fsp3) is 0.111. The first-order valence-electron chi connectivity index (χ1n) is 7.48. The molecule has 0 saturated carbocycles. The molecule has 24 heavy (non-hydrogen) atoms. The van der Waals surface area contributed by atoms with Crippen molar-refractivity contribution in [3.05, 3.63) is 63.9 Å². The van der Waals surface area contributed by atoms with Crippen molar-refractivity contribution in [1.29, 1.82) is 0 Å². The van der Waals surface area contributed by atoms with Crippen LogP contribution in [0.4, 0.5) is 5.13 Å². The topological polar surface area (TPSA) is 46.5 Å². The molecule has 2 aromatic carbocycles. The lowest BCUT2D eigenvalue weighted by molar-refractivity contribution is 0.340. The van der Waals surface area contributed by atoms with Crippen molar-refractivity contribution in [2.75, 3.05) is 12.0 Å². The zero-order valence-corrected chi connectivity index (χ0v) is 15.5. The average molecular weight is 402 g/mol. The Morgan fingerprint density at radius 3 is 2.62 bits per heavy atom. The van der Waals surface area contributed by atoms with Crippen molar-refractivity contribution >= 4 is 38.6 Å². The summed E-state index contributed by atoms with van der Waals surface area (Å²) in [4.78, 5) is 4.55. The van der Waals surface area contributed by atoms with Gasteiger partial charge in [-0.05, 0) is 48.9 Å². The number of ether oxygens (including phenoxy) is 1. The second-order valence-electron chi connectivity index (χ2n) is 4.92. The Hall–Kier alpha value is -2.18. The lowest BCUT2D eigenvalue weighted by Gasteiger charge is -2.03. The van der Waals surface area contributed by atoms with Gasteiger partial charge in [0.2, 0.25) is 5.13 Å². The Morgan fingerprint density at radius 2 is 1.92 bits per heavy atom. The summed E-state index contributed by atoms with van der Waals surface area (Å²) in [6, 6.07) is 15.9. The molecule has 0 atom stereocenters. The first kappa shape index (κ1) is 16.7. The monoisotopic (exact) mass is 401 g/mol. The smallest absolute Gasteiger partial charge is 0.203 e. The highest BCUT2D eigenvalue weighted by molar-refractivity contribution is 9.10. The predicted molar refractivity (Wildman–Crippen MR) is 104 cm³/mol. The molecule has 122 valence electrons. The summed E-state index contributed by atoms with van der Waals surface area (Å²) in [5.41, 5.74) is 5.97. The van der Waals surface area contributed by atoms with E-state index in [1.54, 1.807) is 6.21 Å². The van der Waals surface area contributed by atoms with Crippen molar-refractivity contribution in [3.8, 4) is 17.0 Å². The summed E-state index contributed by atoms with van der Waals surface area (Å²) < 4.78 is 6.50. The minimum Gasteiger partial charge on any atom is -0.494 e. The van der Waals surface area contributed by atoms with E-state index in [2.05, 4.69) is 31.4 Å². The van der Waals surface area contributed by atoms with E-state index in [-0.39, 0.29) is 0 Å². The first-order chi connectivity index (χ1) is 11.7. The van der Waals surface area contributed by atoms with Crippen LogP contribution in [0.1, 0.15) is 12.5 Å². The molecule has 0 unspecified atom stereocenters. The molecular weight excluding hydrogens is 386 g/mol. The second kappa shape index (κ2) is 8.08. The van der Waals surface area contributed by atoms with Crippen LogP contribution in [-0.4, -0.2) is 17.8 Å². The van der Waals surface area contributed by atoms with Crippen molar-refractivity contribution < 1.29 is 4.74 Å². The number of hydrazone groups is 1. The standard InChI is InChI=1S/C18H16BrN3OS/c1-2-23-16-9-5-14(6-10-16)17-12-24-18(21-17)22-20-11-13-3-7-15(19)8-4-13/h3-12H,2H2,1H3,(H,21,22)/b20-11-. The fourth-order valence-corrected chi connectivity index (χ4v) is 2.99. The van der Waals surface area contributed by atoms with Gasteiger partial charge in [0.05, 0.1) is 18.5 Å². The van der Waals surface area contributed by atoms with Crippen LogP contribution in [0.25, 0.3) is 11.3 Å². The maximum Gasteiger partial charge on any atom is 0.203 e. The molecule has 0 bridgehead atoms. The quantitative estimate of drug-likeness (QED) is 0.443. The number of halogens is 1. The first-order valence-corrected chi connectivity index (χ1v) is 9.15. The Balaban J connectivity index is 1.63. The Kier molecular flexibility index (Phi) is 5.61. The van der Waals surface area contributed by atoms with Gasteiger partial charge in [0.25, 0.3) is 0 Å². The Morgan fingerprint density at radius 1 is 1.17 bits per heavy atom. The number of nitrogens with zero attached hydrogens (tertiary/aromatic N) is 2. The van der Waals surface area contributed by atoms with Crippen LogP contribution in [0.3, 0.4) is 0 Å². The molecular formula is C18H16BrN3OS. The molecule has 3 aromatic rings. The molecule has 1 aromatic heterocycles. The summed E-state index contributed by atoms with van der Waals surface area (Å²) in [5, 5.41) is 6.99. The van der Waals surface area contributed by atoms with E-state index < -0.39 is 0 Å². The third kappa shape index (κ3) is 4.43. The summed E-state index contributed by atoms with van der Waals surface area (Å²) in [6.07, 6.45) is 1.77. The summed E-state index contributed by atoms with van der Waals surface area (Å²) in [5.74, 6) is 0.869. The number of hydrogen-bond donors (Lipinski definition) is 1. The highest BCUT2D eigenvalue weighted by Gasteiger charge is 2.04. The van der Waals surface area contributed by atoms with Crippen LogP contribution in [-0.2, 0) is 0 Å². The van der Waals surface area contributed by atoms with Gasteiger partial charge < -0.3 is 4.74 Å². The minimum absolute atomic E-state index is 0.667. The average Bonchev–Trinajstić information content (AvgIpc) is 3.07. The van der Waals surface area contributed by atoms with E-state index in [0.29, 0.717) is 6.61 Å². The van der Waals surface area contributed by atoms with E-state index >= 15 is 0 Å². The number of hydrogen-bond acceptors (Lipinski definition) is 5. The zero-order chi connectivity index (χ0) is 16.8. The Bertz CT molecular complexity index is 813. The molecule has 0 fully saturated rings. The summed E-state index contributed by atoms with van der Waals surface area (Å²) in [6.45, 7) is 2.64. The maximum absolute atomic E-state index is 5.45. The number of benzene rings is 2. The normalized spacial score (nSPS) is 10.9. The molecule has 0 spiro atoms. The molecule has 0 saturated heterocycles. The van der Waals surface area contributed by atoms with E-state index in [4.69, 9.17) is 4.74 Å². The van der Waals surface area contributed by atoms with Crippen molar-refractivity contribution in [2.45, 2.75) is 6.92 Å². The molecule has 4 nitrogen and oxygen atoms in total. The van der Waals surface area contributed by atoms with Gasteiger partial charge in [0.15, 0.2) is 0 Å². The summed E-state index contributed by atoms with van der Waals surface area (Å²) in [7, 11) is 0. The lowest BCUT2D eigenvalue weighted by Crippen LogP contribution is -1.91. The molecule has 1 N–H and O–H groups in total.